The van der Waals surface area contributed by atoms with Crippen LogP contribution in [-0.4, -0.2) is 125 Å². The number of carbonyl (C=O) groups is 5. The molecule has 2 aromatic carbocycles. The molecular weight excluding hydrogens is 773 g/mol. The van der Waals surface area contributed by atoms with E-state index >= 15 is 0 Å². The first kappa shape index (κ1) is 47.8. The number of methoxy groups -OCH3 is 2. The quantitative estimate of drug-likeness (QED) is 0.118. The van der Waals surface area contributed by atoms with Gasteiger partial charge in [-0.05, 0) is 89.1 Å². The van der Waals surface area contributed by atoms with E-state index in [1.165, 1.54) is 12.0 Å². The highest BCUT2D eigenvalue weighted by Gasteiger charge is 2.33. The second-order valence-electron chi connectivity index (χ2n) is 16.2. The first-order chi connectivity index (χ1) is 28.8. The summed E-state index contributed by atoms with van der Waals surface area (Å²) in [6, 6.07) is 12.1. The molecule has 1 saturated heterocycles. The molecule has 1 saturated carbocycles. The summed E-state index contributed by atoms with van der Waals surface area (Å²) < 4.78 is 32.5. The molecule has 1 aliphatic carbocycles. The van der Waals surface area contributed by atoms with E-state index in [0.29, 0.717) is 55.5 Å². The Balaban J connectivity index is 1.38. The summed E-state index contributed by atoms with van der Waals surface area (Å²) in [6.45, 7) is 9.94. The minimum absolute atomic E-state index is 0.0173. The summed E-state index contributed by atoms with van der Waals surface area (Å²) in [4.78, 5) is 69.2. The summed E-state index contributed by atoms with van der Waals surface area (Å²) >= 11 is 0. The Kier molecular flexibility index (Phi) is 19.4. The number of piperidine rings is 1. The van der Waals surface area contributed by atoms with Gasteiger partial charge < -0.3 is 44.0 Å². The van der Waals surface area contributed by atoms with Crippen molar-refractivity contribution in [2.45, 2.75) is 103 Å². The molecule has 1 heterocycles. The molecule has 2 N–H and O–H groups in total. The van der Waals surface area contributed by atoms with E-state index in [4.69, 9.17) is 23.7 Å². The van der Waals surface area contributed by atoms with Crippen molar-refractivity contribution in [1.82, 2.24) is 20.4 Å². The van der Waals surface area contributed by atoms with Crippen molar-refractivity contribution in [2.75, 3.05) is 73.4 Å². The number of esters is 1. The van der Waals surface area contributed by atoms with Gasteiger partial charge in [-0.3, -0.25) is 24.1 Å². The zero-order valence-corrected chi connectivity index (χ0v) is 36.4. The van der Waals surface area contributed by atoms with Crippen LogP contribution in [0.5, 0.6) is 11.5 Å². The summed E-state index contributed by atoms with van der Waals surface area (Å²) in [6.07, 6.45) is 5.95. The number of carbonyl (C=O) groups excluding carboxylic acids is 5. The summed E-state index contributed by atoms with van der Waals surface area (Å²) in [7, 11) is 2.90. The minimum atomic E-state index is -0.768. The van der Waals surface area contributed by atoms with Crippen LogP contribution >= 0.6 is 0 Å². The van der Waals surface area contributed by atoms with Gasteiger partial charge in [0, 0.05) is 42.7 Å². The van der Waals surface area contributed by atoms with Crippen LogP contribution in [0.25, 0.3) is 0 Å². The Morgan fingerprint density at radius 1 is 0.900 bits per heavy atom. The van der Waals surface area contributed by atoms with Crippen molar-refractivity contribution >= 4 is 29.8 Å². The van der Waals surface area contributed by atoms with Crippen LogP contribution in [0, 0.1) is 5.92 Å². The fraction of sp³-hybridized carbons (Fsp3) is 0.622. The molecule has 0 spiro atoms. The number of benzene rings is 2. The standard InChI is InChI=1S/C45H66N4O11/c1-7-59-38-28-37(55-5)19-18-36(38)30-49(44(54)60-45(2,3)4)31-39(50)48-22-12-17-35(29-48)33-15-11-16-34(27-33)42(52)47-41(32-13-9-8-10-14-32)43(53)46-21-24-58-26-25-57-23-20-40(51)56-6/h11,15-16,18-19,27-28,32,35,41H,7-10,12-14,17,20-26,29-31H2,1-6H3,(H,46,53)(H,47,52)/t35?,41-/m1/s1. The van der Waals surface area contributed by atoms with Gasteiger partial charge in [0.2, 0.25) is 11.8 Å². The number of rotatable bonds is 21. The van der Waals surface area contributed by atoms with E-state index in [0.717, 1.165) is 50.5 Å². The number of ether oxygens (including phenoxy) is 6. The molecule has 2 aromatic rings. The van der Waals surface area contributed by atoms with Gasteiger partial charge >= 0.3 is 12.1 Å². The van der Waals surface area contributed by atoms with E-state index in [-0.39, 0.29) is 74.8 Å². The molecule has 0 aromatic heterocycles. The summed E-state index contributed by atoms with van der Waals surface area (Å²) in [5, 5.41) is 5.99. The monoisotopic (exact) mass is 838 g/mol. The third-order valence-corrected chi connectivity index (χ3v) is 10.6. The predicted octanol–water partition coefficient (Wildman–Crippen LogP) is 5.63. The van der Waals surface area contributed by atoms with Crippen molar-refractivity contribution in [3.05, 3.63) is 59.2 Å². The highest BCUT2D eigenvalue weighted by molar-refractivity contribution is 5.97. The maximum Gasteiger partial charge on any atom is 0.411 e. The third-order valence-electron chi connectivity index (χ3n) is 10.6. The maximum atomic E-state index is 14.0. The molecule has 2 fully saturated rings. The zero-order valence-electron chi connectivity index (χ0n) is 36.4. The predicted molar refractivity (Wildman–Crippen MR) is 225 cm³/mol. The molecule has 332 valence electrons. The van der Waals surface area contributed by atoms with Gasteiger partial charge in [-0.15, -0.1) is 0 Å². The van der Waals surface area contributed by atoms with Crippen molar-refractivity contribution in [2.24, 2.45) is 5.92 Å². The van der Waals surface area contributed by atoms with Crippen LogP contribution in [0.1, 0.15) is 106 Å². The number of nitrogens with zero attached hydrogens (tertiary/aromatic N) is 2. The van der Waals surface area contributed by atoms with Crippen molar-refractivity contribution in [3.63, 3.8) is 0 Å². The Bertz CT molecular complexity index is 1710. The van der Waals surface area contributed by atoms with Gasteiger partial charge in [-0.25, -0.2) is 4.79 Å². The molecule has 1 aliphatic heterocycles. The smallest absolute Gasteiger partial charge is 0.411 e. The zero-order chi connectivity index (χ0) is 43.5. The SMILES string of the molecule is CCOc1cc(OC)ccc1CN(CC(=O)N1CCCC(c2cccc(C(=O)N[C@@H](C(=O)NCCOCCOCCC(=O)OC)C3CCCCC3)c2)C1)C(=O)OC(C)(C)C. The van der Waals surface area contributed by atoms with E-state index in [9.17, 15) is 24.0 Å². The molecule has 15 nitrogen and oxygen atoms in total. The molecular formula is C45H66N4O11. The van der Waals surface area contributed by atoms with E-state index in [1.807, 2.05) is 31.2 Å². The lowest BCUT2D eigenvalue weighted by atomic mass is 9.83. The first-order valence-electron chi connectivity index (χ1n) is 21.3. The van der Waals surface area contributed by atoms with Gasteiger partial charge in [0.15, 0.2) is 0 Å². The first-order valence-corrected chi connectivity index (χ1v) is 21.3. The average Bonchev–Trinajstić information content (AvgIpc) is 3.24. The second kappa shape index (κ2) is 24.4. The Labute approximate surface area is 355 Å². The lowest BCUT2D eigenvalue weighted by molar-refractivity contribution is -0.142. The number of hydrogen-bond acceptors (Lipinski definition) is 11. The third kappa shape index (κ3) is 15.6. The van der Waals surface area contributed by atoms with Crippen LogP contribution in [0.3, 0.4) is 0 Å². The topological polar surface area (TPSA) is 171 Å². The lowest BCUT2D eigenvalue weighted by Crippen LogP contribution is -2.52. The fourth-order valence-corrected chi connectivity index (χ4v) is 7.50. The van der Waals surface area contributed by atoms with E-state index < -0.39 is 17.7 Å². The molecule has 15 heteroatoms. The highest BCUT2D eigenvalue weighted by atomic mass is 16.6. The normalized spacial score (nSPS) is 16.3. The van der Waals surface area contributed by atoms with Gasteiger partial charge in [-0.2, -0.15) is 0 Å². The van der Waals surface area contributed by atoms with E-state index in [2.05, 4.69) is 15.4 Å². The number of hydrogen-bond donors (Lipinski definition) is 2. The highest BCUT2D eigenvalue weighted by Crippen LogP contribution is 2.31. The summed E-state index contributed by atoms with van der Waals surface area (Å²) in [5.74, 6) is 0.0412. The van der Waals surface area contributed by atoms with Crippen LogP contribution in [-0.2, 0) is 39.9 Å². The molecule has 60 heavy (non-hydrogen) atoms. The van der Waals surface area contributed by atoms with Crippen LogP contribution in [0.4, 0.5) is 4.79 Å². The second-order valence-corrected chi connectivity index (χ2v) is 16.2. The fourth-order valence-electron chi connectivity index (χ4n) is 7.50. The van der Waals surface area contributed by atoms with Gasteiger partial charge in [-0.1, -0.05) is 31.4 Å². The van der Waals surface area contributed by atoms with Crippen LogP contribution < -0.4 is 20.1 Å². The lowest BCUT2D eigenvalue weighted by Gasteiger charge is -2.35. The summed E-state index contributed by atoms with van der Waals surface area (Å²) in [5.41, 5.74) is 1.32. The number of likely N-dealkylation sites (tertiary alicyclic amines) is 1. The molecule has 0 radical (unpaired) electrons. The van der Waals surface area contributed by atoms with Gasteiger partial charge in [0.05, 0.1) is 60.2 Å². The Morgan fingerprint density at radius 2 is 1.65 bits per heavy atom. The van der Waals surface area contributed by atoms with Crippen molar-refractivity contribution in [1.29, 1.82) is 0 Å². The number of amides is 4. The largest absolute Gasteiger partial charge is 0.497 e. The van der Waals surface area contributed by atoms with E-state index in [1.54, 1.807) is 51.0 Å². The number of nitrogens with one attached hydrogen (secondary N) is 2. The van der Waals surface area contributed by atoms with Crippen LogP contribution in [0.2, 0.25) is 0 Å². The van der Waals surface area contributed by atoms with Gasteiger partial charge in [0.1, 0.15) is 29.7 Å². The molecule has 0 bridgehead atoms. The maximum absolute atomic E-state index is 14.0. The Morgan fingerprint density at radius 3 is 2.35 bits per heavy atom. The van der Waals surface area contributed by atoms with Gasteiger partial charge in [0.25, 0.3) is 5.91 Å². The molecule has 2 atom stereocenters. The molecule has 1 unspecified atom stereocenters. The average molecular weight is 839 g/mol. The minimum Gasteiger partial charge on any atom is -0.497 e. The molecule has 2 aliphatic rings. The Hall–Kier alpha value is -4.89. The van der Waals surface area contributed by atoms with Crippen molar-refractivity contribution in [3.8, 4) is 11.5 Å². The van der Waals surface area contributed by atoms with Crippen LogP contribution in [0.15, 0.2) is 42.5 Å². The van der Waals surface area contributed by atoms with Crippen molar-refractivity contribution < 1.29 is 52.4 Å². The molecule has 4 rings (SSSR count). The molecule has 4 amide bonds.